The number of anilines is 1. The van der Waals surface area contributed by atoms with Gasteiger partial charge < -0.3 is 9.88 Å². The van der Waals surface area contributed by atoms with Crippen molar-refractivity contribution >= 4 is 33.4 Å². The van der Waals surface area contributed by atoms with Crippen LogP contribution in [0, 0.1) is 5.82 Å². The minimum Gasteiger partial charge on any atom is -0.329 e. The molecule has 1 N–H and O–H groups in total. The van der Waals surface area contributed by atoms with Gasteiger partial charge in [0.25, 0.3) is 5.91 Å². The van der Waals surface area contributed by atoms with E-state index in [1.165, 1.54) is 22.1 Å². The van der Waals surface area contributed by atoms with Gasteiger partial charge in [0.1, 0.15) is 5.82 Å². The van der Waals surface area contributed by atoms with Crippen LogP contribution in [0.3, 0.4) is 0 Å². The lowest BCUT2D eigenvalue weighted by molar-refractivity contribution is 0.102. The van der Waals surface area contributed by atoms with Crippen LogP contribution < -0.4 is 5.32 Å². The minimum absolute atomic E-state index is 0.121. The summed E-state index contributed by atoms with van der Waals surface area (Å²) in [5.74, 6) is -1.52. The molecule has 0 saturated heterocycles. The van der Waals surface area contributed by atoms with Gasteiger partial charge in [-0.25, -0.2) is 17.8 Å². The normalized spacial score (nSPS) is 11.6. The SMILES string of the molecule is CCN(CC)S(=O)(=O)c1ccc(F)c(C(=O)Nc2ccc(Sc3nccn3C)cc2)c1. The number of carbonyl (C=O) groups excluding carboxylic acids is 1. The Kier molecular flexibility index (Phi) is 7.14. The van der Waals surface area contributed by atoms with Crippen LogP contribution in [0.5, 0.6) is 0 Å². The van der Waals surface area contributed by atoms with E-state index in [-0.39, 0.29) is 23.5 Å². The van der Waals surface area contributed by atoms with E-state index in [1.54, 1.807) is 32.2 Å². The summed E-state index contributed by atoms with van der Waals surface area (Å²) in [6, 6.07) is 10.2. The number of sulfonamides is 1. The number of carbonyl (C=O) groups is 1. The van der Waals surface area contributed by atoms with Crippen LogP contribution in [0.1, 0.15) is 24.2 Å². The molecule has 1 aromatic heterocycles. The van der Waals surface area contributed by atoms with E-state index in [0.29, 0.717) is 5.69 Å². The van der Waals surface area contributed by atoms with E-state index in [9.17, 15) is 17.6 Å². The molecule has 0 aliphatic carbocycles. The van der Waals surface area contributed by atoms with Crippen LogP contribution in [-0.2, 0) is 17.1 Å². The number of benzene rings is 2. The molecule has 0 aliphatic heterocycles. The quantitative estimate of drug-likeness (QED) is 0.547. The van der Waals surface area contributed by atoms with E-state index < -0.39 is 21.7 Å². The van der Waals surface area contributed by atoms with Crippen LogP contribution in [0.4, 0.5) is 10.1 Å². The van der Waals surface area contributed by atoms with Gasteiger partial charge in [0.2, 0.25) is 10.0 Å². The highest BCUT2D eigenvalue weighted by Gasteiger charge is 2.24. The second-order valence-corrected chi connectivity index (χ2v) is 9.61. The molecule has 0 fully saturated rings. The van der Waals surface area contributed by atoms with Crippen molar-refractivity contribution in [2.45, 2.75) is 28.8 Å². The average Bonchev–Trinajstić information content (AvgIpc) is 3.14. The summed E-state index contributed by atoms with van der Waals surface area (Å²) in [4.78, 5) is 17.7. The van der Waals surface area contributed by atoms with E-state index in [4.69, 9.17) is 0 Å². The van der Waals surface area contributed by atoms with Crippen molar-refractivity contribution in [2.75, 3.05) is 18.4 Å². The second-order valence-electron chi connectivity index (χ2n) is 6.63. The van der Waals surface area contributed by atoms with Crippen molar-refractivity contribution in [3.05, 3.63) is 66.2 Å². The molecule has 0 radical (unpaired) electrons. The number of hydrogen-bond acceptors (Lipinski definition) is 5. The monoisotopic (exact) mass is 462 g/mol. The molecule has 1 heterocycles. The lowest BCUT2D eigenvalue weighted by atomic mass is 10.2. The number of hydrogen-bond donors (Lipinski definition) is 1. The molecule has 2 aromatic carbocycles. The summed E-state index contributed by atoms with van der Waals surface area (Å²) < 4.78 is 42.8. The maximum atomic E-state index is 14.3. The van der Waals surface area contributed by atoms with Crippen molar-refractivity contribution in [3.8, 4) is 0 Å². The van der Waals surface area contributed by atoms with E-state index in [2.05, 4.69) is 10.3 Å². The summed E-state index contributed by atoms with van der Waals surface area (Å²) in [7, 11) is -1.91. The predicted octanol–water partition coefficient (Wildman–Crippen LogP) is 3.99. The minimum atomic E-state index is -3.80. The Morgan fingerprint density at radius 3 is 2.42 bits per heavy atom. The molecule has 0 unspecified atom stereocenters. The number of rotatable bonds is 8. The van der Waals surface area contributed by atoms with Crippen LogP contribution >= 0.6 is 11.8 Å². The predicted molar refractivity (Wildman–Crippen MR) is 118 cm³/mol. The van der Waals surface area contributed by atoms with Crippen LogP contribution in [-0.4, -0.2) is 41.3 Å². The first-order chi connectivity index (χ1) is 14.8. The van der Waals surface area contributed by atoms with Crippen molar-refractivity contribution in [1.82, 2.24) is 13.9 Å². The number of nitrogens with zero attached hydrogens (tertiary/aromatic N) is 3. The van der Waals surface area contributed by atoms with E-state index in [0.717, 1.165) is 22.2 Å². The van der Waals surface area contributed by atoms with Crippen LogP contribution in [0.15, 0.2) is 69.8 Å². The van der Waals surface area contributed by atoms with Crippen LogP contribution in [0.2, 0.25) is 0 Å². The molecule has 0 bridgehead atoms. The fourth-order valence-electron chi connectivity index (χ4n) is 2.91. The van der Waals surface area contributed by atoms with Gasteiger partial charge in [0, 0.05) is 43.1 Å². The van der Waals surface area contributed by atoms with E-state index >= 15 is 0 Å². The number of imidazole rings is 1. The largest absolute Gasteiger partial charge is 0.329 e. The topological polar surface area (TPSA) is 84.3 Å². The van der Waals surface area contributed by atoms with Crippen LogP contribution in [0.25, 0.3) is 0 Å². The Hall–Kier alpha value is -2.69. The van der Waals surface area contributed by atoms with Crippen molar-refractivity contribution in [3.63, 3.8) is 0 Å². The number of nitrogens with one attached hydrogen (secondary N) is 1. The first-order valence-electron chi connectivity index (χ1n) is 9.62. The Balaban J connectivity index is 1.78. The number of aromatic nitrogens is 2. The first-order valence-corrected chi connectivity index (χ1v) is 11.9. The molecule has 0 aliphatic rings. The molecule has 0 atom stereocenters. The highest BCUT2D eigenvalue weighted by Crippen LogP contribution is 2.27. The maximum Gasteiger partial charge on any atom is 0.258 e. The third-order valence-electron chi connectivity index (χ3n) is 4.62. The number of halogens is 1. The van der Waals surface area contributed by atoms with Crippen molar-refractivity contribution in [1.29, 1.82) is 0 Å². The van der Waals surface area contributed by atoms with Gasteiger partial charge in [0.15, 0.2) is 5.16 Å². The van der Waals surface area contributed by atoms with Gasteiger partial charge in [-0.3, -0.25) is 4.79 Å². The van der Waals surface area contributed by atoms with Gasteiger partial charge in [-0.05, 0) is 42.5 Å². The summed E-state index contributed by atoms with van der Waals surface area (Å²) in [6.45, 7) is 3.99. The molecule has 0 spiro atoms. The summed E-state index contributed by atoms with van der Waals surface area (Å²) in [5.41, 5.74) is 0.130. The second kappa shape index (κ2) is 9.63. The molecule has 31 heavy (non-hydrogen) atoms. The fourth-order valence-corrected chi connectivity index (χ4v) is 5.20. The lowest BCUT2D eigenvalue weighted by Gasteiger charge is -2.19. The fraction of sp³-hybridized carbons (Fsp3) is 0.238. The Morgan fingerprint density at radius 1 is 1.16 bits per heavy atom. The molecular formula is C21H23FN4O3S2. The highest BCUT2D eigenvalue weighted by molar-refractivity contribution is 7.99. The molecule has 10 heteroatoms. The smallest absolute Gasteiger partial charge is 0.258 e. The Morgan fingerprint density at radius 2 is 1.84 bits per heavy atom. The summed E-state index contributed by atoms with van der Waals surface area (Å²) in [6.07, 6.45) is 3.56. The zero-order valence-corrected chi connectivity index (χ0v) is 19.0. The van der Waals surface area contributed by atoms with E-state index in [1.807, 2.05) is 29.9 Å². The molecule has 164 valence electrons. The molecule has 3 rings (SSSR count). The number of amides is 1. The van der Waals surface area contributed by atoms with Gasteiger partial charge in [-0.15, -0.1) is 0 Å². The highest BCUT2D eigenvalue weighted by atomic mass is 32.2. The molecular weight excluding hydrogens is 439 g/mol. The third kappa shape index (κ3) is 5.15. The van der Waals surface area contributed by atoms with Gasteiger partial charge in [-0.2, -0.15) is 4.31 Å². The number of aryl methyl sites for hydroxylation is 1. The Labute approximate surface area is 185 Å². The maximum absolute atomic E-state index is 14.3. The summed E-state index contributed by atoms with van der Waals surface area (Å²) in [5, 5.41) is 3.44. The summed E-state index contributed by atoms with van der Waals surface area (Å²) >= 11 is 1.47. The zero-order chi connectivity index (χ0) is 22.6. The Bertz CT molecular complexity index is 1170. The van der Waals surface area contributed by atoms with Gasteiger partial charge in [-0.1, -0.05) is 25.6 Å². The average molecular weight is 463 g/mol. The first kappa shape index (κ1) is 23.0. The molecule has 0 saturated carbocycles. The molecule has 7 nitrogen and oxygen atoms in total. The van der Waals surface area contributed by atoms with Gasteiger partial charge >= 0.3 is 0 Å². The zero-order valence-electron chi connectivity index (χ0n) is 17.4. The van der Waals surface area contributed by atoms with Crippen molar-refractivity contribution < 1.29 is 17.6 Å². The van der Waals surface area contributed by atoms with Gasteiger partial charge in [0.05, 0.1) is 10.5 Å². The molecule has 1 amide bonds. The third-order valence-corrected chi connectivity index (χ3v) is 7.75. The van der Waals surface area contributed by atoms with Crippen molar-refractivity contribution in [2.24, 2.45) is 7.05 Å². The molecule has 3 aromatic rings. The lowest BCUT2D eigenvalue weighted by Crippen LogP contribution is -2.31. The standard InChI is InChI=1S/C21H23FN4O3S2/c1-4-26(5-2)31(28,29)17-10-11-19(22)18(14-17)20(27)24-15-6-8-16(9-7-15)30-21-23-12-13-25(21)3/h6-14H,4-5H2,1-3H3,(H,24,27).